The van der Waals surface area contributed by atoms with Gasteiger partial charge in [0, 0.05) is 22.0 Å². The number of hydrogen-bond donors (Lipinski definition) is 1. The Morgan fingerprint density at radius 1 is 1.14 bits per heavy atom. The number of hydrogen-bond acceptors (Lipinski definition) is 5. The van der Waals surface area contributed by atoms with E-state index in [1.54, 1.807) is 44.2 Å². The summed E-state index contributed by atoms with van der Waals surface area (Å²) < 4.78 is 10.8. The van der Waals surface area contributed by atoms with Crippen LogP contribution in [-0.2, 0) is 4.79 Å². The molecule has 0 fully saturated rings. The van der Waals surface area contributed by atoms with E-state index in [1.807, 2.05) is 19.1 Å². The molecule has 7 heteroatoms. The molecular formula is C21H19ClN2O4. The molecular weight excluding hydrogens is 380 g/mol. The van der Waals surface area contributed by atoms with Crippen LogP contribution in [0.15, 0.2) is 56.8 Å². The molecule has 0 aliphatic heterocycles. The largest absolute Gasteiger partial charge is 0.484 e. The molecule has 0 aliphatic carbocycles. The van der Waals surface area contributed by atoms with Crippen LogP contribution in [-0.4, -0.2) is 18.2 Å². The predicted octanol–water partition coefficient (Wildman–Crippen LogP) is 3.98. The molecule has 0 saturated carbocycles. The van der Waals surface area contributed by atoms with Gasteiger partial charge in [0.05, 0.1) is 5.71 Å². The second-order valence-corrected chi connectivity index (χ2v) is 6.76. The highest BCUT2D eigenvalue weighted by molar-refractivity contribution is 6.30. The van der Waals surface area contributed by atoms with Crippen molar-refractivity contribution in [3.05, 3.63) is 74.6 Å². The molecule has 0 unspecified atom stereocenters. The molecule has 1 N–H and O–H groups in total. The highest BCUT2D eigenvalue weighted by Gasteiger charge is 2.09. The van der Waals surface area contributed by atoms with Crippen LogP contribution in [0.25, 0.3) is 11.0 Å². The number of carbonyl (C=O) groups is 1. The second-order valence-electron chi connectivity index (χ2n) is 6.33. The Kier molecular flexibility index (Phi) is 5.80. The number of aryl methyl sites for hydroxylation is 1. The first kappa shape index (κ1) is 19.6. The fourth-order valence-electron chi connectivity index (χ4n) is 2.60. The van der Waals surface area contributed by atoms with Gasteiger partial charge in [-0.1, -0.05) is 23.7 Å². The van der Waals surface area contributed by atoms with Crippen molar-refractivity contribution in [2.45, 2.75) is 20.8 Å². The number of carbonyl (C=O) groups excluding carboxylic acids is 1. The number of benzene rings is 2. The summed E-state index contributed by atoms with van der Waals surface area (Å²) in [7, 11) is 0. The molecule has 0 aliphatic rings. The summed E-state index contributed by atoms with van der Waals surface area (Å²) in [6.45, 7) is 5.14. The summed E-state index contributed by atoms with van der Waals surface area (Å²) in [4.78, 5) is 23.8. The molecule has 1 amide bonds. The Hall–Kier alpha value is -3.12. The third-order valence-electron chi connectivity index (χ3n) is 4.41. The van der Waals surface area contributed by atoms with E-state index in [1.165, 1.54) is 0 Å². The van der Waals surface area contributed by atoms with Crippen molar-refractivity contribution in [2.24, 2.45) is 5.10 Å². The highest BCUT2D eigenvalue weighted by atomic mass is 35.5. The first-order valence-corrected chi connectivity index (χ1v) is 8.99. The molecule has 28 heavy (non-hydrogen) atoms. The van der Waals surface area contributed by atoms with Crippen LogP contribution >= 0.6 is 11.6 Å². The predicted molar refractivity (Wildman–Crippen MR) is 109 cm³/mol. The zero-order valence-corrected chi connectivity index (χ0v) is 16.5. The normalized spacial score (nSPS) is 11.5. The van der Waals surface area contributed by atoms with E-state index in [4.69, 9.17) is 20.8 Å². The van der Waals surface area contributed by atoms with Crippen molar-refractivity contribution in [1.82, 2.24) is 5.43 Å². The lowest BCUT2D eigenvalue weighted by Gasteiger charge is -2.08. The van der Waals surface area contributed by atoms with E-state index in [0.717, 1.165) is 16.5 Å². The lowest BCUT2D eigenvalue weighted by atomic mass is 10.1. The van der Waals surface area contributed by atoms with Crippen molar-refractivity contribution in [3.63, 3.8) is 0 Å². The number of nitrogens with zero attached hydrogens (tertiary/aromatic N) is 1. The first-order chi connectivity index (χ1) is 13.3. The summed E-state index contributed by atoms with van der Waals surface area (Å²) in [6.07, 6.45) is 0. The van der Waals surface area contributed by atoms with E-state index in [-0.39, 0.29) is 12.2 Å². The number of rotatable bonds is 5. The van der Waals surface area contributed by atoms with Gasteiger partial charge in [-0.15, -0.1) is 0 Å². The van der Waals surface area contributed by atoms with Crippen molar-refractivity contribution in [3.8, 4) is 5.75 Å². The summed E-state index contributed by atoms with van der Waals surface area (Å²) in [5, 5.41) is 5.51. The van der Waals surface area contributed by atoms with Gasteiger partial charge in [0.25, 0.3) is 5.91 Å². The minimum absolute atomic E-state index is 0.224. The van der Waals surface area contributed by atoms with Crippen LogP contribution in [0.3, 0.4) is 0 Å². The molecule has 3 rings (SSSR count). The first-order valence-electron chi connectivity index (χ1n) is 8.61. The number of fused-ring (bicyclic) bond motifs is 1. The molecule has 0 radical (unpaired) electrons. The summed E-state index contributed by atoms with van der Waals surface area (Å²) in [5.41, 5.74) is 5.41. The SMILES string of the molecule is C/C(=N\NC(=O)COc1ccc2c(C)c(C)c(=O)oc2c1)c1ccc(Cl)cc1. The van der Waals surface area contributed by atoms with Crippen molar-refractivity contribution < 1.29 is 13.9 Å². The lowest BCUT2D eigenvalue weighted by molar-refractivity contribution is -0.123. The smallest absolute Gasteiger partial charge is 0.339 e. The van der Waals surface area contributed by atoms with Gasteiger partial charge in [-0.25, -0.2) is 10.2 Å². The van der Waals surface area contributed by atoms with Crippen molar-refractivity contribution >= 4 is 34.2 Å². The molecule has 144 valence electrons. The standard InChI is InChI=1S/C21H19ClN2O4/c1-12-13(2)21(26)28-19-10-17(8-9-18(12)19)27-11-20(25)24-23-14(3)15-4-6-16(22)7-5-15/h4-10H,11H2,1-3H3,(H,24,25)/b23-14+. The minimum atomic E-state index is -0.407. The van der Waals surface area contributed by atoms with Crippen LogP contribution in [0.5, 0.6) is 5.75 Å². The Morgan fingerprint density at radius 2 is 1.86 bits per heavy atom. The fraction of sp³-hybridized carbons (Fsp3) is 0.190. The van der Waals surface area contributed by atoms with Gasteiger partial charge in [-0.2, -0.15) is 5.10 Å². The van der Waals surface area contributed by atoms with E-state index in [9.17, 15) is 9.59 Å². The van der Waals surface area contributed by atoms with Crippen LogP contribution in [0.1, 0.15) is 23.6 Å². The number of halogens is 1. The van der Waals surface area contributed by atoms with Crippen LogP contribution < -0.4 is 15.8 Å². The Morgan fingerprint density at radius 3 is 2.57 bits per heavy atom. The van der Waals surface area contributed by atoms with Gasteiger partial charge in [-0.05, 0) is 56.2 Å². The summed E-state index contributed by atoms with van der Waals surface area (Å²) >= 11 is 5.85. The average molecular weight is 399 g/mol. The molecule has 0 atom stereocenters. The van der Waals surface area contributed by atoms with Gasteiger partial charge < -0.3 is 9.15 Å². The maximum absolute atomic E-state index is 12.0. The molecule has 1 heterocycles. The molecule has 2 aromatic carbocycles. The second kappa shape index (κ2) is 8.27. The molecule has 1 aromatic heterocycles. The van der Waals surface area contributed by atoms with Gasteiger partial charge in [0.1, 0.15) is 11.3 Å². The van der Waals surface area contributed by atoms with E-state index in [0.29, 0.717) is 27.6 Å². The van der Waals surface area contributed by atoms with E-state index >= 15 is 0 Å². The maximum Gasteiger partial charge on any atom is 0.339 e. The number of ether oxygens (including phenoxy) is 1. The zero-order valence-electron chi connectivity index (χ0n) is 15.7. The fourth-order valence-corrected chi connectivity index (χ4v) is 2.73. The van der Waals surface area contributed by atoms with Crippen molar-refractivity contribution in [1.29, 1.82) is 0 Å². The Balaban J connectivity index is 1.64. The number of hydrazone groups is 1. The molecule has 0 bridgehead atoms. The van der Waals surface area contributed by atoms with Crippen molar-refractivity contribution in [2.75, 3.05) is 6.61 Å². The number of amides is 1. The Bertz CT molecular complexity index is 1120. The van der Waals surface area contributed by atoms with Gasteiger partial charge in [-0.3, -0.25) is 4.79 Å². The number of nitrogens with one attached hydrogen (secondary N) is 1. The summed E-state index contributed by atoms with van der Waals surface area (Å²) in [5.74, 6) is 0.0161. The van der Waals surface area contributed by atoms with Crippen LogP contribution in [0, 0.1) is 13.8 Å². The van der Waals surface area contributed by atoms with E-state index in [2.05, 4.69) is 10.5 Å². The molecule has 3 aromatic rings. The monoisotopic (exact) mass is 398 g/mol. The summed E-state index contributed by atoms with van der Waals surface area (Å²) in [6, 6.07) is 12.3. The molecule has 0 spiro atoms. The quantitative estimate of drug-likeness (QED) is 0.400. The van der Waals surface area contributed by atoms with Gasteiger partial charge in [0.15, 0.2) is 6.61 Å². The van der Waals surface area contributed by atoms with E-state index < -0.39 is 5.91 Å². The van der Waals surface area contributed by atoms with Gasteiger partial charge >= 0.3 is 5.63 Å². The van der Waals surface area contributed by atoms with Crippen LogP contribution in [0.4, 0.5) is 0 Å². The average Bonchev–Trinajstić information content (AvgIpc) is 2.69. The van der Waals surface area contributed by atoms with Gasteiger partial charge in [0.2, 0.25) is 0 Å². The molecule has 6 nitrogen and oxygen atoms in total. The molecule has 0 saturated heterocycles. The lowest BCUT2D eigenvalue weighted by Crippen LogP contribution is -2.25. The highest BCUT2D eigenvalue weighted by Crippen LogP contribution is 2.23. The third-order valence-corrected chi connectivity index (χ3v) is 4.66. The zero-order chi connectivity index (χ0) is 20.3. The topological polar surface area (TPSA) is 80.9 Å². The van der Waals surface area contributed by atoms with Crippen LogP contribution in [0.2, 0.25) is 5.02 Å². The minimum Gasteiger partial charge on any atom is -0.484 e. The Labute approximate surface area is 166 Å². The maximum atomic E-state index is 12.0. The third kappa shape index (κ3) is 4.40.